The van der Waals surface area contributed by atoms with Crippen molar-refractivity contribution in [3.8, 4) is 0 Å². The Morgan fingerprint density at radius 1 is 1.29 bits per heavy atom. The predicted octanol–water partition coefficient (Wildman–Crippen LogP) is 0.407. The molecular formula is C15H24N4O2. The molecule has 1 aromatic carbocycles. The highest BCUT2D eigenvalue weighted by Gasteiger charge is 2.17. The molecule has 1 aliphatic rings. The van der Waals surface area contributed by atoms with Crippen molar-refractivity contribution in [2.75, 3.05) is 63.5 Å². The van der Waals surface area contributed by atoms with Crippen LogP contribution in [0.25, 0.3) is 0 Å². The van der Waals surface area contributed by atoms with E-state index in [2.05, 4.69) is 16.8 Å². The fraction of sp³-hybridized carbons (Fsp3) is 0.533. The van der Waals surface area contributed by atoms with Crippen LogP contribution in [0, 0.1) is 0 Å². The zero-order valence-electron chi connectivity index (χ0n) is 12.5. The number of hydrogen-bond donors (Lipinski definition) is 2. The minimum atomic E-state index is -0.836. The Bertz CT molecular complexity index is 472. The van der Waals surface area contributed by atoms with E-state index in [4.69, 9.17) is 10.8 Å². The van der Waals surface area contributed by atoms with Crippen molar-refractivity contribution in [3.63, 3.8) is 0 Å². The lowest BCUT2D eigenvalue weighted by Gasteiger charge is -2.34. The molecule has 1 heterocycles. The van der Waals surface area contributed by atoms with E-state index in [-0.39, 0.29) is 6.54 Å². The van der Waals surface area contributed by atoms with Crippen LogP contribution in [-0.2, 0) is 4.79 Å². The van der Waals surface area contributed by atoms with Gasteiger partial charge in [0.05, 0.1) is 11.4 Å². The topological polar surface area (TPSA) is 73.0 Å². The summed E-state index contributed by atoms with van der Waals surface area (Å²) in [6.45, 7) is 5.68. The number of nitrogen functional groups attached to an aromatic ring is 1. The molecule has 0 saturated carbocycles. The molecule has 2 rings (SSSR count). The summed E-state index contributed by atoms with van der Waals surface area (Å²) in [4.78, 5) is 17.6. The largest absolute Gasteiger partial charge is 0.480 e. The van der Waals surface area contributed by atoms with Crippen LogP contribution in [0.15, 0.2) is 24.3 Å². The molecule has 6 nitrogen and oxygen atoms in total. The quantitative estimate of drug-likeness (QED) is 0.740. The van der Waals surface area contributed by atoms with Crippen molar-refractivity contribution in [3.05, 3.63) is 24.3 Å². The van der Waals surface area contributed by atoms with Gasteiger partial charge in [0.1, 0.15) is 6.54 Å². The molecule has 0 amide bonds. The van der Waals surface area contributed by atoms with E-state index in [1.165, 1.54) is 0 Å². The number of piperazine rings is 1. The van der Waals surface area contributed by atoms with Gasteiger partial charge in [-0.25, -0.2) is 0 Å². The zero-order chi connectivity index (χ0) is 15.2. The zero-order valence-corrected chi connectivity index (χ0v) is 12.5. The van der Waals surface area contributed by atoms with Crippen molar-refractivity contribution in [2.24, 2.45) is 0 Å². The Labute approximate surface area is 125 Å². The van der Waals surface area contributed by atoms with Crippen LogP contribution in [0.1, 0.15) is 0 Å². The maximum atomic E-state index is 11.1. The average Bonchev–Trinajstić information content (AvgIpc) is 2.45. The number of carbonyl (C=O) groups is 1. The summed E-state index contributed by atoms with van der Waals surface area (Å²) < 4.78 is 0. The molecule has 1 aliphatic heterocycles. The Hall–Kier alpha value is -1.79. The van der Waals surface area contributed by atoms with Crippen LogP contribution in [0.3, 0.4) is 0 Å². The van der Waals surface area contributed by atoms with E-state index < -0.39 is 5.97 Å². The van der Waals surface area contributed by atoms with Gasteiger partial charge < -0.3 is 20.6 Å². The number of likely N-dealkylation sites (N-methyl/N-ethyl adjacent to an activating group) is 1. The monoisotopic (exact) mass is 292 g/mol. The molecule has 0 aromatic heterocycles. The fourth-order valence-electron chi connectivity index (χ4n) is 2.56. The number of carboxylic acid groups (broad SMARTS) is 1. The first-order chi connectivity index (χ1) is 10.1. The van der Waals surface area contributed by atoms with Gasteiger partial charge in [0.25, 0.3) is 0 Å². The second kappa shape index (κ2) is 7.28. The van der Waals surface area contributed by atoms with Gasteiger partial charge in [0.2, 0.25) is 0 Å². The third kappa shape index (κ3) is 4.61. The van der Waals surface area contributed by atoms with E-state index in [9.17, 15) is 4.79 Å². The van der Waals surface area contributed by atoms with E-state index in [0.717, 1.165) is 38.4 Å². The second-order valence-corrected chi connectivity index (χ2v) is 5.52. The molecule has 21 heavy (non-hydrogen) atoms. The number of nitrogens with zero attached hydrogens (tertiary/aromatic N) is 3. The van der Waals surface area contributed by atoms with E-state index in [1.807, 2.05) is 23.1 Å². The van der Waals surface area contributed by atoms with Crippen LogP contribution in [0.2, 0.25) is 0 Å². The number of carboxylic acids is 1. The van der Waals surface area contributed by atoms with Gasteiger partial charge in [-0.05, 0) is 19.2 Å². The van der Waals surface area contributed by atoms with Crippen LogP contribution in [-0.4, -0.2) is 73.7 Å². The Kier molecular flexibility index (Phi) is 5.41. The van der Waals surface area contributed by atoms with Gasteiger partial charge in [-0.3, -0.25) is 9.69 Å². The molecule has 0 atom stereocenters. The normalized spacial score (nSPS) is 16.8. The fourth-order valence-corrected chi connectivity index (χ4v) is 2.56. The standard InChI is InChI=1S/C15H24N4O2/c1-17-6-8-18(9-7-17)10-11-19(12-15(20)21)14-5-3-2-4-13(14)16/h2-5H,6-12,16H2,1H3,(H,20,21). The average molecular weight is 292 g/mol. The molecule has 3 N–H and O–H groups in total. The Morgan fingerprint density at radius 2 is 1.95 bits per heavy atom. The second-order valence-electron chi connectivity index (χ2n) is 5.52. The lowest BCUT2D eigenvalue weighted by Crippen LogP contribution is -2.47. The van der Waals surface area contributed by atoms with Gasteiger partial charge in [-0.1, -0.05) is 12.1 Å². The highest BCUT2D eigenvalue weighted by Crippen LogP contribution is 2.22. The highest BCUT2D eigenvalue weighted by molar-refractivity contribution is 5.77. The molecule has 0 unspecified atom stereocenters. The third-order valence-corrected chi connectivity index (χ3v) is 3.89. The molecule has 0 aliphatic carbocycles. The summed E-state index contributed by atoms with van der Waals surface area (Å²) in [6, 6.07) is 7.43. The van der Waals surface area contributed by atoms with Crippen molar-refractivity contribution in [1.82, 2.24) is 9.80 Å². The highest BCUT2D eigenvalue weighted by atomic mass is 16.4. The van der Waals surface area contributed by atoms with Crippen molar-refractivity contribution in [1.29, 1.82) is 0 Å². The molecule has 1 fully saturated rings. The molecule has 116 valence electrons. The summed E-state index contributed by atoms with van der Waals surface area (Å²) >= 11 is 0. The smallest absolute Gasteiger partial charge is 0.323 e. The van der Waals surface area contributed by atoms with E-state index in [1.54, 1.807) is 6.07 Å². The van der Waals surface area contributed by atoms with Gasteiger partial charge in [0.15, 0.2) is 0 Å². The summed E-state index contributed by atoms with van der Waals surface area (Å²) in [5.74, 6) is -0.836. The maximum Gasteiger partial charge on any atom is 0.323 e. The molecule has 0 bridgehead atoms. The number of hydrogen-bond acceptors (Lipinski definition) is 5. The Morgan fingerprint density at radius 3 is 2.57 bits per heavy atom. The first-order valence-corrected chi connectivity index (χ1v) is 7.28. The van der Waals surface area contributed by atoms with Crippen molar-refractivity contribution >= 4 is 17.3 Å². The van der Waals surface area contributed by atoms with Gasteiger partial charge in [-0.2, -0.15) is 0 Å². The van der Waals surface area contributed by atoms with Gasteiger partial charge in [-0.15, -0.1) is 0 Å². The minimum absolute atomic E-state index is 0.0258. The predicted molar refractivity (Wildman–Crippen MR) is 84.6 cm³/mol. The van der Waals surface area contributed by atoms with Crippen LogP contribution in [0.4, 0.5) is 11.4 Å². The Balaban J connectivity index is 1.97. The van der Waals surface area contributed by atoms with Crippen LogP contribution >= 0.6 is 0 Å². The lowest BCUT2D eigenvalue weighted by molar-refractivity contribution is -0.135. The molecule has 0 radical (unpaired) electrons. The first-order valence-electron chi connectivity index (χ1n) is 7.28. The number of benzene rings is 1. The lowest BCUT2D eigenvalue weighted by atomic mass is 10.2. The van der Waals surface area contributed by atoms with Gasteiger partial charge >= 0.3 is 5.97 Å². The maximum absolute atomic E-state index is 11.1. The minimum Gasteiger partial charge on any atom is -0.480 e. The molecular weight excluding hydrogens is 268 g/mol. The van der Waals surface area contributed by atoms with Crippen molar-refractivity contribution in [2.45, 2.75) is 0 Å². The summed E-state index contributed by atoms with van der Waals surface area (Å²) in [6.07, 6.45) is 0. The van der Waals surface area contributed by atoms with E-state index >= 15 is 0 Å². The number of rotatable bonds is 6. The van der Waals surface area contributed by atoms with Crippen LogP contribution < -0.4 is 10.6 Å². The molecule has 1 saturated heterocycles. The molecule has 6 heteroatoms. The van der Waals surface area contributed by atoms with Crippen LogP contribution in [0.5, 0.6) is 0 Å². The summed E-state index contributed by atoms with van der Waals surface area (Å²) in [5.41, 5.74) is 7.39. The number of aliphatic carboxylic acids is 1. The van der Waals surface area contributed by atoms with Gasteiger partial charge in [0, 0.05) is 39.3 Å². The number of nitrogens with two attached hydrogens (primary N) is 1. The molecule has 0 spiro atoms. The SMILES string of the molecule is CN1CCN(CCN(CC(=O)O)c2ccccc2N)CC1. The van der Waals surface area contributed by atoms with Crippen molar-refractivity contribution < 1.29 is 9.90 Å². The number of para-hydroxylation sites is 2. The van der Waals surface area contributed by atoms with E-state index in [0.29, 0.717) is 12.2 Å². The third-order valence-electron chi connectivity index (χ3n) is 3.89. The summed E-state index contributed by atoms with van der Waals surface area (Å²) in [7, 11) is 2.12. The number of anilines is 2. The first kappa shape index (κ1) is 15.6. The summed E-state index contributed by atoms with van der Waals surface area (Å²) in [5, 5.41) is 9.11. The molecule has 1 aromatic rings.